The number of nitrogens with two attached hydrogens (primary N) is 1. The van der Waals surface area contributed by atoms with E-state index in [-0.39, 0.29) is 12.5 Å². The van der Waals surface area contributed by atoms with Crippen molar-refractivity contribution in [2.24, 2.45) is 5.92 Å². The van der Waals surface area contributed by atoms with E-state index in [1.54, 1.807) is 18.2 Å². The number of carbonyl (C=O) groups is 1. The van der Waals surface area contributed by atoms with Gasteiger partial charge in [0.15, 0.2) is 0 Å². The fourth-order valence-corrected chi connectivity index (χ4v) is 3.16. The van der Waals surface area contributed by atoms with Gasteiger partial charge in [0, 0.05) is 10.7 Å². The van der Waals surface area contributed by atoms with E-state index < -0.39 is 5.54 Å². The lowest BCUT2D eigenvalue weighted by Crippen LogP contribution is -2.53. The van der Waals surface area contributed by atoms with Crippen molar-refractivity contribution in [2.45, 2.75) is 38.1 Å². The van der Waals surface area contributed by atoms with Crippen molar-refractivity contribution in [3.05, 3.63) is 28.8 Å². The normalized spacial score (nSPS) is 26.2. The van der Waals surface area contributed by atoms with Crippen molar-refractivity contribution in [3.63, 3.8) is 0 Å². The number of anilines is 1. The van der Waals surface area contributed by atoms with Crippen LogP contribution in [0.25, 0.3) is 0 Å². The van der Waals surface area contributed by atoms with Crippen LogP contribution in [0.2, 0.25) is 5.02 Å². The van der Waals surface area contributed by atoms with Gasteiger partial charge in [0.2, 0.25) is 0 Å². The van der Waals surface area contributed by atoms with Crippen molar-refractivity contribution in [1.29, 1.82) is 0 Å². The molecule has 1 amide bonds. The molecule has 0 saturated heterocycles. The maximum absolute atomic E-state index is 12.4. The van der Waals surface area contributed by atoms with Gasteiger partial charge in [0.25, 0.3) is 5.91 Å². The monoisotopic (exact) mass is 296 g/mol. The first-order valence-corrected chi connectivity index (χ1v) is 7.32. The van der Waals surface area contributed by atoms with Gasteiger partial charge in [-0.15, -0.1) is 0 Å². The van der Waals surface area contributed by atoms with E-state index >= 15 is 0 Å². The molecular weight excluding hydrogens is 276 g/mol. The van der Waals surface area contributed by atoms with Crippen molar-refractivity contribution < 1.29 is 9.90 Å². The van der Waals surface area contributed by atoms with Crippen LogP contribution in [0, 0.1) is 5.92 Å². The minimum atomic E-state index is -0.538. The van der Waals surface area contributed by atoms with Crippen LogP contribution in [-0.4, -0.2) is 23.2 Å². The third-order valence-corrected chi connectivity index (χ3v) is 4.27. The Morgan fingerprint density at radius 3 is 3.00 bits per heavy atom. The van der Waals surface area contributed by atoms with E-state index in [2.05, 4.69) is 12.2 Å². The van der Waals surface area contributed by atoms with Crippen LogP contribution in [-0.2, 0) is 0 Å². The van der Waals surface area contributed by atoms with Gasteiger partial charge >= 0.3 is 0 Å². The van der Waals surface area contributed by atoms with E-state index in [1.807, 2.05) is 0 Å². The third kappa shape index (κ3) is 3.25. The molecule has 0 spiro atoms. The lowest BCUT2D eigenvalue weighted by molar-refractivity contribution is 0.0698. The topological polar surface area (TPSA) is 75.3 Å². The number of nitrogen functional groups attached to an aromatic ring is 1. The Morgan fingerprint density at radius 2 is 2.35 bits per heavy atom. The summed E-state index contributed by atoms with van der Waals surface area (Å²) in [5.41, 5.74) is 6.04. The van der Waals surface area contributed by atoms with Crippen LogP contribution >= 0.6 is 11.6 Å². The first-order valence-electron chi connectivity index (χ1n) is 6.94. The molecule has 1 aromatic rings. The zero-order valence-electron chi connectivity index (χ0n) is 11.7. The van der Waals surface area contributed by atoms with Crippen molar-refractivity contribution in [3.8, 4) is 0 Å². The molecular formula is C15H21ClN2O2. The average molecular weight is 297 g/mol. The van der Waals surface area contributed by atoms with Gasteiger partial charge < -0.3 is 16.2 Å². The van der Waals surface area contributed by atoms with Crippen molar-refractivity contribution in [2.75, 3.05) is 12.3 Å². The Morgan fingerprint density at radius 1 is 1.60 bits per heavy atom. The van der Waals surface area contributed by atoms with Crippen LogP contribution in [0.3, 0.4) is 0 Å². The zero-order valence-corrected chi connectivity index (χ0v) is 12.4. The molecule has 0 aromatic heterocycles. The number of benzene rings is 1. The number of halogens is 1. The van der Waals surface area contributed by atoms with Gasteiger partial charge in [0.1, 0.15) is 0 Å². The van der Waals surface area contributed by atoms with Gasteiger partial charge in [-0.1, -0.05) is 31.4 Å². The quantitative estimate of drug-likeness (QED) is 0.751. The van der Waals surface area contributed by atoms with Gasteiger partial charge in [-0.3, -0.25) is 4.79 Å². The fourth-order valence-electron chi connectivity index (χ4n) is 2.99. The summed E-state index contributed by atoms with van der Waals surface area (Å²) in [5, 5.41) is 13.1. The van der Waals surface area contributed by atoms with Gasteiger partial charge in [0.05, 0.1) is 17.7 Å². The minimum Gasteiger partial charge on any atom is -0.398 e. The van der Waals surface area contributed by atoms with E-state index in [1.165, 1.54) is 0 Å². The van der Waals surface area contributed by atoms with Gasteiger partial charge in [-0.25, -0.2) is 0 Å². The summed E-state index contributed by atoms with van der Waals surface area (Å²) in [5.74, 6) is 0.223. The maximum Gasteiger partial charge on any atom is 0.253 e. The summed E-state index contributed by atoms with van der Waals surface area (Å²) in [6.07, 6.45) is 3.72. The largest absolute Gasteiger partial charge is 0.398 e. The highest BCUT2D eigenvalue weighted by molar-refractivity contribution is 6.31. The van der Waals surface area contributed by atoms with Crippen LogP contribution in [0.4, 0.5) is 5.69 Å². The minimum absolute atomic E-state index is 0.0520. The molecule has 0 heterocycles. The number of aliphatic hydroxyl groups excluding tert-OH is 1. The van der Waals surface area contributed by atoms with Crippen molar-refractivity contribution in [1.82, 2.24) is 5.32 Å². The van der Waals surface area contributed by atoms with E-state index in [0.717, 1.165) is 25.7 Å². The second kappa shape index (κ2) is 6.02. The van der Waals surface area contributed by atoms with Gasteiger partial charge in [-0.05, 0) is 37.0 Å². The molecule has 0 radical (unpaired) electrons. The smallest absolute Gasteiger partial charge is 0.253 e. The van der Waals surface area contributed by atoms with Crippen LogP contribution in [0.1, 0.15) is 43.0 Å². The Hall–Kier alpha value is -1.26. The number of carbonyl (C=O) groups excluding carboxylic acids is 1. The molecule has 110 valence electrons. The van der Waals surface area contributed by atoms with E-state index in [4.69, 9.17) is 17.3 Å². The van der Waals surface area contributed by atoms with Crippen LogP contribution in [0.5, 0.6) is 0 Å². The first kappa shape index (κ1) is 15.1. The number of aliphatic hydroxyl groups is 1. The average Bonchev–Trinajstić information content (AvgIpc) is 2.41. The molecule has 1 saturated carbocycles. The van der Waals surface area contributed by atoms with Crippen LogP contribution in [0.15, 0.2) is 18.2 Å². The molecule has 2 atom stereocenters. The molecule has 1 aromatic carbocycles. The summed E-state index contributed by atoms with van der Waals surface area (Å²) in [4.78, 5) is 12.4. The molecule has 20 heavy (non-hydrogen) atoms. The highest BCUT2D eigenvalue weighted by atomic mass is 35.5. The summed E-state index contributed by atoms with van der Waals surface area (Å²) < 4.78 is 0. The summed E-state index contributed by atoms with van der Waals surface area (Å²) in [6, 6.07) is 4.83. The van der Waals surface area contributed by atoms with Gasteiger partial charge in [-0.2, -0.15) is 0 Å². The van der Waals surface area contributed by atoms with Crippen LogP contribution < -0.4 is 11.1 Å². The molecule has 5 heteroatoms. The fraction of sp³-hybridized carbons (Fsp3) is 0.533. The Balaban J connectivity index is 2.19. The molecule has 1 aliphatic rings. The highest BCUT2D eigenvalue weighted by Crippen LogP contribution is 2.32. The number of hydrogen-bond acceptors (Lipinski definition) is 3. The summed E-state index contributed by atoms with van der Waals surface area (Å²) in [6.45, 7) is 2.09. The lowest BCUT2D eigenvalue weighted by Gasteiger charge is -2.39. The molecule has 0 aliphatic heterocycles. The predicted molar refractivity (Wildman–Crippen MR) is 80.8 cm³/mol. The van der Waals surface area contributed by atoms with Crippen molar-refractivity contribution >= 4 is 23.2 Å². The Kier molecular flexibility index (Phi) is 4.55. The molecule has 2 unspecified atom stereocenters. The summed E-state index contributed by atoms with van der Waals surface area (Å²) in [7, 11) is 0. The molecule has 1 fully saturated rings. The maximum atomic E-state index is 12.4. The molecule has 1 aliphatic carbocycles. The SMILES string of the molecule is CC1CCCC(CO)(NC(=O)c2cc(Cl)ccc2N)C1. The Bertz CT molecular complexity index is 507. The molecule has 0 bridgehead atoms. The predicted octanol–water partition coefficient (Wildman–Crippen LogP) is 2.59. The third-order valence-electron chi connectivity index (χ3n) is 4.03. The lowest BCUT2D eigenvalue weighted by atomic mass is 9.76. The van der Waals surface area contributed by atoms with E-state index in [0.29, 0.717) is 22.2 Å². The second-order valence-electron chi connectivity index (χ2n) is 5.83. The zero-order chi connectivity index (χ0) is 14.8. The molecule has 4 nitrogen and oxygen atoms in total. The number of amides is 1. The molecule has 4 N–H and O–H groups in total. The number of hydrogen-bond donors (Lipinski definition) is 3. The standard InChI is InChI=1S/C15H21ClN2O2/c1-10-3-2-6-15(8-10,9-19)18-14(20)12-7-11(16)4-5-13(12)17/h4-5,7,10,19H,2-3,6,8-9,17H2,1H3,(H,18,20). The first-order chi connectivity index (χ1) is 9.46. The second-order valence-corrected chi connectivity index (χ2v) is 6.26. The Labute approximate surface area is 124 Å². The number of nitrogens with one attached hydrogen (secondary N) is 1. The highest BCUT2D eigenvalue weighted by Gasteiger charge is 2.36. The number of rotatable bonds is 3. The van der Waals surface area contributed by atoms with E-state index in [9.17, 15) is 9.90 Å². The summed E-state index contributed by atoms with van der Waals surface area (Å²) >= 11 is 5.91. The molecule has 2 rings (SSSR count).